The Bertz CT molecular complexity index is 874. The van der Waals surface area contributed by atoms with E-state index in [-0.39, 0.29) is 28.8 Å². The first-order valence-corrected chi connectivity index (χ1v) is 8.09. The van der Waals surface area contributed by atoms with Crippen LogP contribution >= 0.6 is 0 Å². The molecule has 26 heavy (non-hydrogen) atoms. The highest BCUT2D eigenvalue weighted by atomic mass is 16.5. The molecule has 2 rings (SSSR count). The lowest BCUT2D eigenvalue weighted by Gasteiger charge is -2.10. The van der Waals surface area contributed by atoms with Crippen molar-refractivity contribution in [2.75, 3.05) is 7.11 Å². The first-order chi connectivity index (χ1) is 12.3. The lowest BCUT2D eigenvalue weighted by atomic mass is 10.0. The number of methoxy groups -OCH3 is 1. The van der Waals surface area contributed by atoms with Crippen LogP contribution in [0.2, 0.25) is 0 Å². The van der Waals surface area contributed by atoms with Crippen LogP contribution in [0.1, 0.15) is 35.3 Å². The minimum absolute atomic E-state index is 0.0601. The lowest BCUT2D eigenvalue weighted by molar-refractivity contribution is 0.104. The van der Waals surface area contributed by atoms with Crippen molar-refractivity contribution in [2.45, 2.75) is 20.3 Å². The highest BCUT2D eigenvalue weighted by Gasteiger charge is 2.14. The summed E-state index contributed by atoms with van der Waals surface area (Å²) in [6.07, 6.45) is 5.23. The molecule has 5 heteroatoms. The van der Waals surface area contributed by atoms with Crippen LogP contribution in [-0.2, 0) is 6.42 Å². The Morgan fingerprint density at radius 1 is 1.08 bits per heavy atom. The van der Waals surface area contributed by atoms with Gasteiger partial charge in [-0.2, -0.15) is 0 Å². The van der Waals surface area contributed by atoms with Gasteiger partial charge in [0.05, 0.1) is 12.7 Å². The average Bonchev–Trinajstić information content (AvgIpc) is 2.59. The van der Waals surface area contributed by atoms with Gasteiger partial charge < -0.3 is 20.1 Å². The number of ketones is 1. The van der Waals surface area contributed by atoms with Crippen LogP contribution in [0.4, 0.5) is 0 Å². The van der Waals surface area contributed by atoms with Crippen LogP contribution in [0.5, 0.6) is 23.0 Å². The summed E-state index contributed by atoms with van der Waals surface area (Å²) in [6, 6.07) is 7.15. The van der Waals surface area contributed by atoms with E-state index in [2.05, 4.69) is 0 Å². The molecule has 0 aromatic heterocycles. The summed E-state index contributed by atoms with van der Waals surface area (Å²) in [5.41, 5.74) is 2.45. The van der Waals surface area contributed by atoms with Gasteiger partial charge in [-0.05, 0) is 56.2 Å². The molecule has 3 N–H and O–H groups in total. The molecule has 136 valence electrons. The van der Waals surface area contributed by atoms with Crippen molar-refractivity contribution in [3.8, 4) is 23.0 Å². The third-order valence-corrected chi connectivity index (χ3v) is 3.82. The Kier molecular flexibility index (Phi) is 6.07. The summed E-state index contributed by atoms with van der Waals surface area (Å²) in [5, 5.41) is 29.2. The quantitative estimate of drug-likeness (QED) is 0.411. The van der Waals surface area contributed by atoms with Gasteiger partial charge in [-0.3, -0.25) is 4.79 Å². The number of carbonyl (C=O) groups excluding carboxylic acids is 1. The third-order valence-electron chi connectivity index (χ3n) is 3.82. The maximum Gasteiger partial charge on any atom is 0.189 e. The predicted molar refractivity (Wildman–Crippen MR) is 101 cm³/mol. The Balaban J connectivity index is 2.35. The average molecular weight is 354 g/mol. The van der Waals surface area contributed by atoms with Crippen molar-refractivity contribution in [1.29, 1.82) is 0 Å². The topological polar surface area (TPSA) is 87.0 Å². The van der Waals surface area contributed by atoms with Gasteiger partial charge >= 0.3 is 0 Å². The number of allylic oxidation sites excluding steroid dienone is 3. The summed E-state index contributed by atoms with van der Waals surface area (Å²) >= 11 is 0. The highest BCUT2D eigenvalue weighted by Crippen LogP contribution is 2.30. The highest BCUT2D eigenvalue weighted by molar-refractivity contribution is 6.09. The molecule has 0 amide bonds. The SMILES string of the molecule is COc1cc(O)c(CC=C(C)C)cc1C(=O)C=Cc1ccc(O)cc1O. The fourth-order valence-electron chi connectivity index (χ4n) is 2.38. The molecule has 0 atom stereocenters. The van der Waals surface area contributed by atoms with Gasteiger partial charge in [0.2, 0.25) is 0 Å². The summed E-state index contributed by atoms with van der Waals surface area (Å²) < 4.78 is 5.21. The second-order valence-electron chi connectivity index (χ2n) is 6.11. The molecular formula is C21H22O5. The van der Waals surface area contributed by atoms with Crippen LogP contribution in [0.15, 0.2) is 48.1 Å². The van der Waals surface area contributed by atoms with Crippen LogP contribution in [0, 0.1) is 0 Å². The minimum Gasteiger partial charge on any atom is -0.508 e. The number of ether oxygens (including phenoxy) is 1. The smallest absolute Gasteiger partial charge is 0.189 e. The van der Waals surface area contributed by atoms with Crippen LogP contribution in [-0.4, -0.2) is 28.2 Å². The largest absolute Gasteiger partial charge is 0.508 e. The van der Waals surface area contributed by atoms with Gasteiger partial charge in [-0.1, -0.05) is 11.6 Å². The first-order valence-electron chi connectivity index (χ1n) is 8.09. The number of hydrogen-bond donors (Lipinski definition) is 3. The van der Waals surface area contributed by atoms with Crippen molar-refractivity contribution in [2.24, 2.45) is 0 Å². The van der Waals surface area contributed by atoms with E-state index in [1.54, 1.807) is 6.07 Å². The number of carbonyl (C=O) groups is 1. The maximum absolute atomic E-state index is 12.6. The van der Waals surface area contributed by atoms with Gasteiger partial charge in [0, 0.05) is 17.7 Å². The Morgan fingerprint density at radius 2 is 1.81 bits per heavy atom. The number of phenolic OH excluding ortho intramolecular Hbond substituents is 3. The molecule has 5 nitrogen and oxygen atoms in total. The zero-order valence-electron chi connectivity index (χ0n) is 15.0. The molecule has 0 saturated carbocycles. The van der Waals surface area contributed by atoms with E-state index in [0.717, 1.165) is 5.57 Å². The first kappa shape index (κ1) is 19.1. The fourth-order valence-corrected chi connectivity index (χ4v) is 2.38. The van der Waals surface area contributed by atoms with Gasteiger partial charge in [-0.15, -0.1) is 0 Å². The molecule has 0 aliphatic carbocycles. The minimum atomic E-state index is -0.326. The molecule has 0 saturated heterocycles. The van der Waals surface area contributed by atoms with E-state index < -0.39 is 0 Å². The number of aromatic hydroxyl groups is 3. The number of benzene rings is 2. The molecule has 2 aromatic rings. The van der Waals surface area contributed by atoms with Crippen molar-refractivity contribution < 1.29 is 24.9 Å². The van der Waals surface area contributed by atoms with E-state index in [4.69, 9.17) is 4.74 Å². The normalized spacial score (nSPS) is 10.7. The third kappa shape index (κ3) is 4.66. The second kappa shape index (κ2) is 8.25. The number of phenols is 3. The summed E-state index contributed by atoms with van der Waals surface area (Å²) in [5.74, 6) is -0.178. The monoisotopic (exact) mass is 354 g/mol. The summed E-state index contributed by atoms with van der Waals surface area (Å²) in [7, 11) is 1.43. The molecule has 0 radical (unpaired) electrons. The van der Waals surface area contributed by atoms with E-state index >= 15 is 0 Å². The van der Waals surface area contributed by atoms with Crippen molar-refractivity contribution in [1.82, 2.24) is 0 Å². The van der Waals surface area contributed by atoms with E-state index in [1.165, 1.54) is 43.5 Å². The van der Waals surface area contributed by atoms with Gasteiger partial charge in [0.25, 0.3) is 0 Å². The van der Waals surface area contributed by atoms with Crippen LogP contribution < -0.4 is 4.74 Å². The Labute approximate surface area is 152 Å². The molecule has 0 heterocycles. The van der Waals surface area contributed by atoms with E-state index in [9.17, 15) is 20.1 Å². The predicted octanol–water partition coefficient (Wildman–Crippen LogP) is 4.22. The summed E-state index contributed by atoms with van der Waals surface area (Å²) in [4.78, 5) is 12.6. The van der Waals surface area contributed by atoms with Gasteiger partial charge in [0.1, 0.15) is 23.0 Å². The fraction of sp³-hybridized carbons (Fsp3) is 0.190. The van der Waals surface area contributed by atoms with Gasteiger partial charge in [-0.25, -0.2) is 0 Å². The lowest BCUT2D eigenvalue weighted by Crippen LogP contribution is -2.01. The Hall–Kier alpha value is -3.21. The molecule has 2 aromatic carbocycles. The molecule has 0 unspecified atom stereocenters. The molecule has 0 bridgehead atoms. The molecule has 0 fully saturated rings. The molecular weight excluding hydrogens is 332 g/mol. The van der Waals surface area contributed by atoms with Crippen molar-refractivity contribution in [3.63, 3.8) is 0 Å². The van der Waals surface area contributed by atoms with E-state index in [1.807, 2.05) is 19.9 Å². The molecule has 0 aliphatic rings. The van der Waals surface area contributed by atoms with Crippen LogP contribution in [0.3, 0.4) is 0 Å². The number of rotatable bonds is 6. The van der Waals surface area contributed by atoms with Crippen molar-refractivity contribution in [3.05, 3.63) is 64.7 Å². The zero-order valence-corrected chi connectivity index (χ0v) is 15.0. The number of hydrogen-bond acceptors (Lipinski definition) is 5. The second-order valence-corrected chi connectivity index (χ2v) is 6.11. The van der Waals surface area contributed by atoms with Crippen LogP contribution in [0.25, 0.3) is 6.08 Å². The van der Waals surface area contributed by atoms with Crippen molar-refractivity contribution >= 4 is 11.9 Å². The maximum atomic E-state index is 12.6. The summed E-state index contributed by atoms with van der Waals surface area (Å²) in [6.45, 7) is 3.92. The van der Waals surface area contributed by atoms with Gasteiger partial charge in [0.15, 0.2) is 5.78 Å². The van der Waals surface area contributed by atoms with E-state index in [0.29, 0.717) is 23.1 Å². The standard InChI is InChI=1S/C21H22O5/c1-13(2)4-5-15-10-17(21(26-3)12-20(15)25)18(23)9-7-14-6-8-16(22)11-19(14)24/h4,6-12,22,24-25H,5H2,1-3H3. The molecule has 0 aliphatic heterocycles. The molecule has 0 spiro atoms. The zero-order chi connectivity index (χ0) is 19.3. The Morgan fingerprint density at radius 3 is 2.42 bits per heavy atom.